The van der Waals surface area contributed by atoms with E-state index < -0.39 is 30.1 Å². The smallest absolute Gasteiger partial charge is 0.365 e. The first kappa shape index (κ1) is 29.0. The lowest BCUT2D eigenvalue weighted by atomic mass is 9.89. The molecule has 0 radical (unpaired) electrons. The number of nitrogens with zero attached hydrogens (tertiary/aromatic N) is 2. The molecule has 3 rings (SSSR count). The Balaban J connectivity index is 2.07. The summed E-state index contributed by atoms with van der Waals surface area (Å²) in [5.74, 6) is -0.0915. The molecule has 0 saturated carbocycles. The summed E-state index contributed by atoms with van der Waals surface area (Å²) in [6.07, 6.45) is -8.56. The topological polar surface area (TPSA) is 32.8 Å². The van der Waals surface area contributed by atoms with E-state index in [1.807, 2.05) is 11.8 Å². The van der Waals surface area contributed by atoms with Gasteiger partial charge in [-0.05, 0) is 37.1 Å². The van der Waals surface area contributed by atoms with Gasteiger partial charge in [0, 0.05) is 36.9 Å². The number of benzene rings is 2. The molecule has 202 valence electrons. The first-order valence-corrected chi connectivity index (χ1v) is 12.7. The summed E-state index contributed by atoms with van der Waals surface area (Å²) in [5, 5.41) is 0.165. The normalized spacial score (nSPS) is 17.5. The Bertz CT molecular complexity index is 1090. The molecular weight excluding hydrogens is 566 g/mol. The van der Waals surface area contributed by atoms with Crippen molar-refractivity contribution >= 4 is 33.6 Å². The Hall–Kier alpha value is -2.53. The fourth-order valence-electron chi connectivity index (χ4n) is 4.48. The van der Waals surface area contributed by atoms with Crippen LogP contribution in [0, 0.1) is 0 Å². The zero-order valence-electron chi connectivity index (χ0n) is 20.2. The summed E-state index contributed by atoms with van der Waals surface area (Å²) in [4.78, 5) is 15.6. The van der Waals surface area contributed by atoms with Crippen LogP contribution in [0.5, 0.6) is 0 Å². The van der Waals surface area contributed by atoms with Crippen LogP contribution < -0.4 is 4.90 Å². The molecule has 1 aliphatic rings. The number of hydrogen-bond donors (Lipinski definition) is 0. The molecule has 37 heavy (non-hydrogen) atoms. The van der Waals surface area contributed by atoms with Gasteiger partial charge in [0.15, 0.2) is 0 Å². The van der Waals surface area contributed by atoms with Crippen molar-refractivity contribution in [2.24, 2.45) is 0 Å². The van der Waals surface area contributed by atoms with E-state index in [0.717, 1.165) is 12.1 Å². The lowest BCUT2D eigenvalue weighted by Crippen LogP contribution is -2.56. The van der Waals surface area contributed by atoms with Gasteiger partial charge < -0.3 is 14.5 Å². The van der Waals surface area contributed by atoms with E-state index in [1.165, 1.54) is 36.4 Å². The fraction of sp³-hybridized carbons (Fsp3) is 0.423. The molecule has 0 spiro atoms. The highest BCUT2D eigenvalue weighted by Crippen LogP contribution is 2.54. The van der Waals surface area contributed by atoms with Crippen molar-refractivity contribution in [3.63, 3.8) is 0 Å². The van der Waals surface area contributed by atoms with Crippen molar-refractivity contribution in [3.05, 3.63) is 71.3 Å². The van der Waals surface area contributed by atoms with Crippen molar-refractivity contribution in [3.8, 4) is 0 Å². The number of ether oxygens (including phenoxy) is 1. The molecule has 2 aromatic rings. The Morgan fingerprint density at radius 2 is 1.70 bits per heavy atom. The van der Waals surface area contributed by atoms with E-state index in [4.69, 9.17) is 4.74 Å². The van der Waals surface area contributed by atoms with Gasteiger partial charge in [0.25, 0.3) is 5.60 Å². The van der Waals surface area contributed by atoms with Crippen LogP contribution in [0.2, 0.25) is 0 Å². The second kappa shape index (κ2) is 11.5. The third-order valence-corrected chi connectivity index (χ3v) is 6.76. The number of amides is 1. The molecule has 11 heteroatoms. The predicted molar refractivity (Wildman–Crippen MR) is 133 cm³/mol. The van der Waals surface area contributed by atoms with Crippen molar-refractivity contribution in [1.82, 2.24) is 4.90 Å². The minimum absolute atomic E-state index is 0.0915. The van der Waals surface area contributed by atoms with E-state index >= 15 is 0 Å². The quantitative estimate of drug-likeness (QED) is 0.265. The standard InChI is InChI=1S/C26H27BrF6N2O2/c1-3-7-20-14-21(10-11-22(20)35-13-12-34(16-18(35)2)23(36)15-27)24(25(28,29)30,26(31,32)33)37-17-19-8-5-4-6-9-19/h3-11,14,18H,12-13,15-17H2,1-2H3. The largest absolute Gasteiger partial charge is 0.430 e. The molecular formula is C26H27BrF6N2O2. The van der Waals surface area contributed by atoms with E-state index in [-0.39, 0.29) is 28.4 Å². The molecule has 1 aliphatic heterocycles. The van der Waals surface area contributed by atoms with Gasteiger partial charge in [-0.15, -0.1) is 0 Å². The molecule has 0 aromatic heterocycles. The highest BCUT2D eigenvalue weighted by atomic mass is 79.9. The van der Waals surface area contributed by atoms with Crippen LogP contribution >= 0.6 is 15.9 Å². The number of anilines is 1. The maximum Gasteiger partial charge on any atom is 0.430 e. The minimum atomic E-state index is -5.79. The van der Waals surface area contributed by atoms with Crippen LogP contribution in [0.1, 0.15) is 30.5 Å². The SMILES string of the molecule is CC=Cc1cc(C(OCc2ccccc2)(C(F)(F)F)C(F)(F)F)ccc1N1CCN(C(=O)CBr)CC1C. The molecule has 1 amide bonds. The zero-order valence-corrected chi connectivity index (χ0v) is 21.8. The third-order valence-electron chi connectivity index (χ3n) is 6.28. The summed E-state index contributed by atoms with van der Waals surface area (Å²) in [7, 11) is 0. The number of allylic oxidation sites excluding steroid dienone is 1. The van der Waals surface area contributed by atoms with Gasteiger partial charge in [0.05, 0.1) is 11.9 Å². The van der Waals surface area contributed by atoms with Gasteiger partial charge in [0.2, 0.25) is 5.91 Å². The Kier molecular flexibility index (Phi) is 9.00. The summed E-state index contributed by atoms with van der Waals surface area (Å²) in [6.45, 7) is 3.70. The fourth-order valence-corrected chi connectivity index (χ4v) is 4.83. The van der Waals surface area contributed by atoms with Crippen molar-refractivity contribution in [2.45, 2.75) is 44.4 Å². The van der Waals surface area contributed by atoms with Crippen molar-refractivity contribution < 1.29 is 35.9 Å². The molecule has 0 N–H and O–H groups in total. The maximum atomic E-state index is 14.3. The highest BCUT2D eigenvalue weighted by molar-refractivity contribution is 9.09. The van der Waals surface area contributed by atoms with Gasteiger partial charge in [-0.1, -0.05) is 64.5 Å². The van der Waals surface area contributed by atoms with Gasteiger partial charge in [0.1, 0.15) is 0 Å². The minimum Gasteiger partial charge on any atom is -0.365 e. The number of hydrogen-bond acceptors (Lipinski definition) is 3. The van der Waals surface area contributed by atoms with Crippen LogP contribution in [-0.4, -0.2) is 54.2 Å². The predicted octanol–water partition coefficient (Wildman–Crippen LogP) is 6.69. The monoisotopic (exact) mass is 592 g/mol. The molecule has 4 nitrogen and oxygen atoms in total. The summed E-state index contributed by atoms with van der Waals surface area (Å²) in [5.41, 5.74) is -4.75. The van der Waals surface area contributed by atoms with Gasteiger partial charge in [-0.3, -0.25) is 4.79 Å². The number of alkyl halides is 7. The lowest BCUT2D eigenvalue weighted by molar-refractivity contribution is -0.392. The first-order chi connectivity index (χ1) is 17.4. The molecule has 0 aliphatic carbocycles. The number of halogens is 7. The molecule has 1 saturated heterocycles. The first-order valence-electron chi connectivity index (χ1n) is 11.5. The van der Waals surface area contributed by atoms with Crippen molar-refractivity contribution in [2.75, 3.05) is 29.9 Å². The Morgan fingerprint density at radius 1 is 1.05 bits per heavy atom. The number of rotatable bonds is 7. The molecule has 1 atom stereocenters. The number of piperazine rings is 1. The molecule has 1 fully saturated rings. The number of carbonyl (C=O) groups is 1. The Morgan fingerprint density at radius 3 is 2.24 bits per heavy atom. The van der Waals surface area contributed by atoms with Gasteiger partial charge >= 0.3 is 12.4 Å². The van der Waals surface area contributed by atoms with E-state index in [0.29, 0.717) is 25.3 Å². The molecule has 1 unspecified atom stereocenters. The number of carbonyl (C=O) groups excluding carboxylic acids is 1. The molecule has 1 heterocycles. The van der Waals surface area contributed by atoms with Crippen LogP contribution in [0.15, 0.2) is 54.6 Å². The lowest BCUT2D eigenvalue weighted by Gasteiger charge is -2.42. The van der Waals surface area contributed by atoms with Crippen LogP contribution in [-0.2, 0) is 21.7 Å². The van der Waals surface area contributed by atoms with Gasteiger partial charge in [-0.2, -0.15) is 26.3 Å². The second-order valence-corrected chi connectivity index (χ2v) is 9.30. The second-order valence-electron chi connectivity index (χ2n) is 8.74. The van der Waals surface area contributed by atoms with Crippen LogP contribution in [0.3, 0.4) is 0 Å². The van der Waals surface area contributed by atoms with Crippen LogP contribution in [0.25, 0.3) is 6.08 Å². The Labute approximate surface area is 220 Å². The summed E-state index contributed by atoms with van der Waals surface area (Å²) < 4.78 is 90.8. The highest BCUT2D eigenvalue weighted by Gasteiger charge is 2.73. The summed E-state index contributed by atoms with van der Waals surface area (Å²) >= 11 is 3.14. The average molecular weight is 593 g/mol. The van der Waals surface area contributed by atoms with E-state index in [1.54, 1.807) is 24.0 Å². The zero-order chi connectivity index (χ0) is 27.4. The molecule has 0 bridgehead atoms. The average Bonchev–Trinajstić information content (AvgIpc) is 2.83. The van der Waals surface area contributed by atoms with Crippen molar-refractivity contribution in [1.29, 1.82) is 0 Å². The van der Waals surface area contributed by atoms with Gasteiger partial charge in [-0.25, -0.2) is 0 Å². The van der Waals surface area contributed by atoms with Crippen LogP contribution in [0.4, 0.5) is 32.0 Å². The summed E-state index contributed by atoms with van der Waals surface area (Å²) in [6, 6.07) is 10.2. The maximum absolute atomic E-state index is 14.3. The van der Waals surface area contributed by atoms with E-state index in [2.05, 4.69) is 15.9 Å². The molecule has 2 aromatic carbocycles. The van der Waals surface area contributed by atoms with E-state index in [9.17, 15) is 31.1 Å². The third kappa shape index (κ3) is 5.98.